The largest absolute Gasteiger partial charge is 0.422 e. The summed E-state index contributed by atoms with van der Waals surface area (Å²) in [6.45, 7) is 18.3. The van der Waals surface area contributed by atoms with Crippen molar-refractivity contribution in [3.8, 4) is 6.07 Å². The molecule has 2 aromatic rings. The predicted octanol–water partition coefficient (Wildman–Crippen LogP) is 5.80. The summed E-state index contributed by atoms with van der Waals surface area (Å²) < 4.78 is 7.69. The summed E-state index contributed by atoms with van der Waals surface area (Å²) >= 11 is 0. The third-order valence-corrected chi connectivity index (χ3v) is 5.13. The van der Waals surface area contributed by atoms with Gasteiger partial charge in [0.25, 0.3) is 0 Å². The second-order valence-corrected chi connectivity index (χ2v) is 9.66. The Morgan fingerprint density at radius 3 is 2.10 bits per heavy atom. The lowest BCUT2D eigenvalue weighted by molar-refractivity contribution is -0.145. The van der Waals surface area contributed by atoms with Crippen molar-refractivity contribution in [2.75, 3.05) is 0 Å². The number of aromatic nitrogens is 2. The fraction of sp³-hybridized carbons (Fsp3) is 0.480. The number of esters is 1. The van der Waals surface area contributed by atoms with E-state index in [9.17, 15) is 10.1 Å². The summed E-state index contributed by atoms with van der Waals surface area (Å²) in [7, 11) is 0. The van der Waals surface area contributed by atoms with Gasteiger partial charge in [-0.1, -0.05) is 45.0 Å². The fourth-order valence-corrected chi connectivity index (χ4v) is 3.03. The lowest BCUT2D eigenvalue weighted by atomic mass is 9.86. The van der Waals surface area contributed by atoms with Crippen LogP contribution >= 0.6 is 0 Å². The van der Waals surface area contributed by atoms with Gasteiger partial charge < -0.3 is 4.74 Å². The van der Waals surface area contributed by atoms with Crippen LogP contribution < -0.4 is 0 Å². The van der Waals surface area contributed by atoms with Crippen molar-refractivity contribution in [3.63, 3.8) is 0 Å². The summed E-state index contributed by atoms with van der Waals surface area (Å²) in [5.74, 6) is -0.127. The molecular weight excluding hydrogens is 374 g/mol. The van der Waals surface area contributed by atoms with Gasteiger partial charge in [-0.05, 0) is 58.1 Å². The summed E-state index contributed by atoms with van der Waals surface area (Å²) in [6, 6.07) is 10.2. The molecule has 0 saturated carbocycles. The lowest BCUT2D eigenvalue weighted by Gasteiger charge is -2.21. The summed E-state index contributed by atoms with van der Waals surface area (Å²) in [6.07, 6.45) is 0. The van der Waals surface area contributed by atoms with E-state index in [4.69, 9.17) is 4.74 Å². The van der Waals surface area contributed by atoms with Crippen molar-refractivity contribution in [3.05, 3.63) is 52.3 Å². The molecule has 0 aliphatic rings. The van der Waals surface area contributed by atoms with Crippen LogP contribution in [0.4, 0.5) is 0 Å². The van der Waals surface area contributed by atoms with E-state index in [0.717, 1.165) is 11.3 Å². The van der Waals surface area contributed by atoms with Crippen LogP contribution in [0.15, 0.2) is 24.3 Å². The molecule has 0 spiro atoms. The minimum absolute atomic E-state index is 0.00507. The first-order valence-corrected chi connectivity index (χ1v) is 10.3. The molecule has 0 atom stereocenters. The zero-order valence-corrected chi connectivity index (χ0v) is 19.7. The Kier molecular flexibility index (Phi) is 6.61. The number of rotatable bonds is 4. The third-order valence-electron chi connectivity index (χ3n) is 5.13. The van der Waals surface area contributed by atoms with E-state index in [1.807, 2.05) is 45.0 Å². The van der Waals surface area contributed by atoms with Gasteiger partial charge in [0.2, 0.25) is 0 Å². The Bertz CT molecular complexity index is 1000. The van der Waals surface area contributed by atoms with Crippen LogP contribution in [0.1, 0.15) is 76.5 Å². The standard InChI is InChI=1S/C25H33N3O2/c1-10-28-21(16(2)17(3)27-28)22(30-23(29)25(7,8)9)20(15-26)18-11-13-19(14-12-18)24(4,5)6/h11-14H,10H2,1-9H3. The average Bonchev–Trinajstić information content (AvgIpc) is 2.94. The van der Waals surface area contributed by atoms with Crippen molar-refractivity contribution < 1.29 is 9.53 Å². The van der Waals surface area contributed by atoms with Gasteiger partial charge in [-0.2, -0.15) is 10.4 Å². The highest BCUT2D eigenvalue weighted by molar-refractivity contribution is 5.98. The van der Waals surface area contributed by atoms with Gasteiger partial charge in [0.1, 0.15) is 17.3 Å². The number of carbonyl (C=O) groups excluding carboxylic acids is 1. The quantitative estimate of drug-likeness (QED) is 0.365. The van der Waals surface area contributed by atoms with E-state index >= 15 is 0 Å². The van der Waals surface area contributed by atoms with Gasteiger partial charge in [-0.25, -0.2) is 0 Å². The van der Waals surface area contributed by atoms with E-state index in [1.165, 1.54) is 5.56 Å². The Hall–Kier alpha value is -2.87. The molecule has 30 heavy (non-hydrogen) atoms. The number of nitriles is 1. The highest BCUT2D eigenvalue weighted by atomic mass is 16.5. The van der Waals surface area contributed by atoms with Crippen LogP contribution in [0.3, 0.4) is 0 Å². The van der Waals surface area contributed by atoms with E-state index in [1.54, 1.807) is 25.5 Å². The maximum Gasteiger partial charge on any atom is 0.316 e. The molecule has 0 amide bonds. The first-order chi connectivity index (χ1) is 13.8. The molecule has 160 valence electrons. The number of hydrogen-bond acceptors (Lipinski definition) is 4. The summed E-state index contributed by atoms with van der Waals surface area (Å²) in [5.41, 5.74) is 3.91. The minimum atomic E-state index is -0.706. The molecule has 2 rings (SSSR count). The molecule has 1 aromatic heterocycles. The number of ether oxygens (including phenoxy) is 1. The first kappa shape index (κ1) is 23.4. The molecule has 1 aromatic carbocycles. The van der Waals surface area contributed by atoms with Crippen LogP contribution in [0.25, 0.3) is 11.3 Å². The van der Waals surface area contributed by atoms with Crippen LogP contribution in [0, 0.1) is 30.6 Å². The Morgan fingerprint density at radius 2 is 1.67 bits per heavy atom. The van der Waals surface area contributed by atoms with Gasteiger partial charge in [0.15, 0.2) is 5.76 Å². The molecule has 0 unspecified atom stereocenters. The molecule has 0 radical (unpaired) electrons. The molecular formula is C25H33N3O2. The van der Waals surface area contributed by atoms with Gasteiger partial charge in [0.05, 0.1) is 11.1 Å². The normalized spacial score (nSPS) is 12.9. The number of hydrogen-bond donors (Lipinski definition) is 0. The van der Waals surface area contributed by atoms with E-state index in [0.29, 0.717) is 23.4 Å². The highest BCUT2D eigenvalue weighted by Gasteiger charge is 2.29. The van der Waals surface area contributed by atoms with Crippen molar-refractivity contribution in [1.29, 1.82) is 5.26 Å². The van der Waals surface area contributed by atoms with Crippen molar-refractivity contribution in [2.24, 2.45) is 5.41 Å². The lowest BCUT2D eigenvalue weighted by Crippen LogP contribution is -2.23. The highest BCUT2D eigenvalue weighted by Crippen LogP contribution is 2.33. The maximum absolute atomic E-state index is 12.8. The van der Waals surface area contributed by atoms with Crippen molar-refractivity contribution >= 4 is 17.3 Å². The molecule has 0 aliphatic carbocycles. The zero-order chi connectivity index (χ0) is 22.9. The first-order valence-electron chi connectivity index (χ1n) is 10.3. The van der Waals surface area contributed by atoms with E-state index in [-0.39, 0.29) is 11.2 Å². The number of carbonyl (C=O) groups is 1. The van der Waals surface area contributed by atoms with Crippen molar-refractivity contribution in [1.82, 2.24) is 9.78 Å². The molecule has 0 fully saturated rings. The number of nitrogens with zero attached hydrogens (tertiary/aromatic N) is 3. The smallest absolute Gasteiger partial charge is 0.316 e. The summed E-state index contributed by atoms with van der Waals surface area (Å²) in [5, 5.41) is 14.6. The topological polar surface area (TPSA) is 67.9 Å². The van der Waals surface area contributed by atoms with Gasteiger partial charge in [-0.15, -0.1) is 0 Å². The van der Waals surface area contributed by atoms with Gasteiger partial charge >= 0.3 is 5.97 Å². The molecule has 5 heteroatoms. The molecule has 0 N–H and O–H groups in total. The second kappa shape index (κ2) is 8.47. The van der Waals surface area contributed by atoms with Crippen LogP contribution in [0.2, 0.25) is 0 Å². The van der Waals surface area contributed by atoms with Crippen molar-refractivity contribution in [2.45, 2.75) is 74.3 Å². The van der Waals surface area contributed by atoms with E-state index in [2.05, 4.69) is 31.9 Å². The van der Waals surface area contributed by atoms with Gasteiger partial charge in [-0.3, -0.25) is 9.48 Å². The number of benzene rings is 1. The van der Waals surface area contributed by atoms with Crippen LogP contribution in [-0.4, -0.2) is 15.7 Å². The molecule has 0 saturated heterocycles. The summed E-state index contributed by atoms with van der Waals surface area (Å²) in [4.78, 5) is 12.8. The number of aryl methyl sites for hydroxylation is 2. The monoisotopic (exact) mass is 407 g/mol. The van der Waals surface area contributed by atoms with E-state index < -0.39 is 11.4 Å². The maximum atomic E-state index is 12.8. The predicted molar refractivity (Wildman–Crippen MR) is 120 cm³/mol. The van der Waals surface area contributed by atoms with Crippen LogP contribution in [0.5, 0.6) is 0 Å². The fourth-order valence-electron chi connectivity index (χ4n) is 3.03. The SMILES string of the molecule is CCn1nc(C)c(C)c1C(OC(=O)C(C)(C)C)=C(C#N)c1ccc(C(C)(C)C)cc1. The number of allylic oxidation sites excluding steroid dienone is 1. The molecule has 5 nitrogen and oxygen atoms in total. The minimum Gasteiger partial charge on any atom is -0.422 e. The Balaban J connectivity index is 2.77. The molecule has 0 aliphatic heterocycles. The van der Waals surface area contributed by atoms with Crippen LogP contribution in [-0.2, 0) is 21.5 Å². The van der Waals surface area contributed by atoms with Gasteiger partial charge in [0, 0.05) is 12.1 Å². The molecule has 1 heterocycles. The Labute approximate surface area is 180 Å². The Morgan fingerprint density at radius 1 is 1.10 bits per heavy atom. The molecule has 0 bridgehead atoms. The third kappa shape index (κ3) is 4.81. The average molecular weight is 408 g/mol. The second-order valence-electron chi connectivity index (χ2n) is 9.66. The zero-order valence-electron chi connectivity index (χ0n) is 19.7.